The summed E-state index contributed by atoms with van der Waals surface area (Å²) in [4.78, 5) is 65.5. The molecular formula is C27H43N3O6S2. The average Bonchev–Trinajstić information content (AvgIpc) is 2.85. The Morgan fingerprint density at radius 2 is 1.61 bits per heavy atom. The summed E-state index contributed by atoms with van der Waals surface area (Å²) in [6, 6.07) is -2.71. The third kappa shape index (κ3) is 11.2. The summed E-state index contributed by atoms with van der Waals surface area (Å²) in [6.45, 7) is 8.79. The number of ether oxygens (including phenoxy) is 1. The van der Waals surface area contributed by atoms with Gasteiger partial charge in [-0.25, -0.2) is 4.79 Å². The molecule has 38 heavy (non-hydrogen) atoms. The van der Waals surface area contributed by atoms with Crippen LogP contribution in [-0.2, 0) is 28.7 Å². The van der Waals surface area contributed by atoms with Crippen LogP contribution in [0.25, 0.3) is 0 Å². The maximum atomic E-state index is 13.2. The van der Waals surface area contributed by atoms with E-state index >= 15 is 0 Å². The minimum Gasteiger partial charge on any atom is -0.456 e. The van der Waals surface area contributed by atoms with Crippen LogP contribution in [0.15, 0.2) is 23.8 Å². The molecule has 0 radical (unpaired) electrons. The lowest BCUT2D eigenvalue weighted by molar-refractivity contribution is -0.153. The van der Waals surface area contributed by atoms with Gasteiger partial charge in [-0.2, -0.15) is 23.5 Å². The van der Waals surface area contributed by atoms with Crippen molar-refractivity contribution in [2.24, 2.45) is 11.8 Å². The Hall–Kier alpha value is -2.27. The van der Waals surface area contributed by atoms with Crippen LogP contribution in [0.4, 0.5) is 0 Å². The summed E-state index contributed by atoms with van der Waals surface area (Å²) in [5, 5.41) is 8.22. The number of ketones is 1. The predicted molar refractivity (Wildman–Crippen MR) is 154 cm³/mol. The molecule has 9 nitrogen and oxygen atoms in total. The van der Waals surface area contributed by atoms with E-state index in [0.29, 0.717) is 5.75 Å². The van der Waals surface area contributed by atoms with Crippen molar-refractivity contribution in [3.63, 3.8) is 0 Å². The molecule has 0 aliphatic carbocycles. The maximum absolute atomic E-state index is 13.2. The smallest absolute Gasteiger partial charge is 0.329 e. The highest BCUT2D eigenvalue weighted by Gasteiger charge is 2.33. The second-order valence-corrected chi connectivity index (χ2v) is 11.7. The van der Waals surface area contributed by atoms with E-state index in [1.807, 2.05) is 18.6 Å². The summed E-state index contributed by atoms with van der Waals surface area (Å²) in [5.41, 5.74) is 0.197. The number of hydrogen-bond donors (Lipinski definition) is 3. The lowest BCUT2D eigenvalue weighted by Crippen LogP contribution is -2.55. The number of esters is 1. The van der Waals surface area contributed by atoms with E-state index in [1.165, 1.54) is 17.8 Å². The second kappa shape index (κ2) is 17.3. The van der Waals surface area contributed by atoms with Crippen LogP contribution in [-0.4, -0.2) is 77.7 Å². The predicted octanol–water partition coefficient (Wildman–Crippen LogP) is 2.65. The van der Waals surface area contributed by atoms with Crippen LogP contribution in [0.1, 0.15) is 53.9 Å². The standard InChI is InChI=1S/C27H43N3O6S2/c1-8-18-13-21(31)20(15-38-7)28-26(34)23(16(2)3)29-22(32)14-19(11-9-10-12-37-6)36-27(35)24(17(4)5)30-25(18)33/h8-9,11,16-17,19-20,23-24H,10,12-15H2,1-7H3,(H,28,34)(H,29,32)(H,30,33)/b11-9+,18-8+. The fourth-order valence-corrected chi connectivity index (χ4v) is 4.73. The zero-order chi connectivity index (χ0) is 28.8. The molecule has 0 spiro atoms. The Kier molecular flexibility index (Phi) is 15.4. The van der Waals surface area contributed by atoms with Gasteiger partial charge in [-0.05, 0) is 49.5 Å². The largest absolute Gasteiger partial charge is 0.456 e. The zero-order valence-corrected chi connectivity index (χ0v) is 25.1. The zero-order valence-electron chi connectivity index (χ0n) is 23.5. The van der Waals surface area contributed by atoms with E-state index in [0.717, 1.165) is 12.2 Å². The number of carbonyl (C=O) groups excluding carboxylic acids is 5. The number of Topliss-reactive ketones (excluding diaryl/α,β-unsaturated/α-hetero) is 1. The lowest BCUT2D eigenvalue weighted by atomic mass is 9.99. The molecule has 11 heteroatoms. The van der Waals surface area contributed by atoms with Crippen molar-refractivity contribution in [3.05, 3.63) is 23.8 Å². The number of thioether (sulfide) groups is 2. The van der Waals surface area contributed by atoms with Gasteiger partial charge in [0.25, 0.3) is 0 Å². The van der Waals surface area contributed by atoms with Crippen molar-refractivity contribution >= 4 is 53.0 Å². The first-order valence-electron chi connectivity index (χ1n) is 12.9. The molecule has 0 aromatic carbocycles. The maximum Gasteiger partial charge on any atom is 0.329 e. The number of allylic oxidation sites excluding steroid dienone is 2. The highest BCUT2D eigenvalue weighted by Crippen LogP contribution is 2.15. The van der Waals surface area contributed by atoms with E-state index in [9.17, 15) is 24.0 Å². The topological polar surface area (TPSA) is 131 Å². The molecule has 1 aliphatic heterocycles. The molecule has 4 atom stereocenters. The Bertz CT molecular complexity index is 903. The van der Waals surface area contributed by atoms with Crippen LogP contribution in [0.5, 0.6) is 0 Å². The Balaban J connectivity index is 3.45. The molecule has 1 saturated heterocycles. The minimum absolute atomic E-state index is 0.190. The van der Waals surface area contributed by atoms with Gasteiger partial charge in [0.1, 0.15) is 18.2 Å². The van der Waals surface area contributed by atoms with Gasteiger partial charge in [-0.15, -0.1) is 0 Å². The molecule has 3 amide bonds. The highest BCUT2D eigenvalue weighted by atomic mass is 32.2. The minimum atomic E-state index is -0.976. The van der Waals surface area contributed by atoms with Gasteiger partial charge in [0.15, 0.2) is 5.78 Å². The summed E-state index contributed by atoms with van der Waals surface area (Å²) >= 11 is 3.06. The van der Waals surface area contributed by atoms with Crippen LogP contribution in [0.3, 0.4) is 0 Å². The van der Waals surface area contributed by atoms with E-state index in [-0.39, 0.29) is 36.0 Å². The first-order chi connectivity index (χ1) is 17.9. The van der Waals surface area contributed by atoms with Crippen molar-refractivity contribution < 1.29 is 28.7 Å². The third-order valence-electron chi connectivity index (χ3n) is 6.01. The number of amides is 3. The Morgan fingerprint density at radius 3 is 2.16 bits per heavy atom. The fourth-order valence-electron chi connectivity index (χ4n) is 3.75. The molecule has 3 N–H and O–H groups in total. The lowest BCUT2D eigenvalue weighted by Gasteiger charge is -2.27. The van der Waals surface area contributed by atoms with E-state index in [4.69, 9.17) is 4.74 Å². The van der Waals surface area contributed by atoms with Crippen LogP contribution in [0, 0.1) is 11.8 Å². The first kappa shape index (κ1) is 33.8. The average molecular weight is 570 g/mol. The SMILES string of the molecule is C/C=C1\CC(=O)C(CSC)NC(=O)C(C(C)C)NC(=O)CC(/C=C/CCSC)OC(=O)C(C(C)C)NC1=O. The molecule has 0 bridgehead atoms. The molecule has 1 aliphatic rings. The molecule has 214 valence electrons. The van der Waals surface area contributed by atoms with Gasteiger partial charge in [-0.3, -0.25) is 19.2 Å². The van der Waals surface area contributed by atoms with Crippen LogP contribution >= 0.6 is 23.5 Å². The van der Waals surface area contributed by atoms with Crippen LogP contribution in [0.2, 0.25) is 0 Å². The van der Waals surface area contributed by atoms with E-state index in [2.05, 4.69) is 16.0 Å². The molecule has 1 rings (SSSR count). The van der Waals surface area contributed by atoms with Gasteiger partial charge in [0, 0.05) is 17.7 Å². The Morgan fingerprint density at radius 1 is 0.947 bits per heavy atom. The quantitative estimate of drug-likeness (QED) is 0.176. The molecule has 0 aromatic heterocycles. The van der Waals surface area contributed by atoms with Gasteiger partial charge >= 0.3 is 5.97 Å². The highest BCUT2D eigenvalue weighted by molar-refractivity contribution is 7.98. The number of cyclic esters (lactones) is 1. The Labute approximate surface area is 235 Å². The summed E-state index contributed by atoms with van der Waals surface area (Å²) in [7, 11) is 0. The molecular weight excluding hydrogens is 526 g/mol. The summed E-state index contributed by atoms with van der Waals surface area (Å²) in [6.07, 6.45) is 8.30. The molecule has 4 unspecified atom stereocenters. The first-order valence-corrected chi connectivity index (χ1v) is 15.7. The third-order valence-corrected chi connectivity index (χ3v) is 7.32. The second-order valence-electron chi connectivity index (χ2n) is 9.85. The van der Waals surface area contributed by atoms with Crippen molar-refractivity contribution in [2.75, 3.05) is 24.0 Å². The van der Waals surface area contributed by atoms with Crippen molar-refractivity contribution in [1.29, 1.82) is 0 Å². The van der Waals surface area contributed by atoms with Crippen LogP contribution < -0.4 is 16.0 Å². The summed E-state index contributed by atoms with van der Waals surface area (Å²) < 4.78 is 5.69. The van der Waals surface area contributed by atoms with Crippen molar-refractivity contribution in [3.8, 4) is 0 Å². The van der Waals surface area contributed by atoms with E-state index < -0.39 is 47.9 Å². The van der Waals surface area contributed by atoms with E-state index in [1.54, 1.807) is 52.5 Å². The molecule has 1 fully saturated rings. The van der Waals surface area contributed by atoms with Gasteiger partial charge in [0.05, 0.1) is 12.5 Å². The molecule has 1 heterocycles. The summed E-state index contributed by atoms with van der Waals surface area (Å²) in [5.74, 6) is -1.90. The fraction of sp³-hybridized carbons (Fsp3) is 0.667. The van der Waals surface area contributed by atoms with Crippen molar-refractivity contribution in [2.45, 2.75) is 78.1 Å². The monoisotopic (exact) mass is 569 g/mol. The normalized spacial score (nSPS) is 26.0. The molecule has 0 saturated carbocycles. The number of nitrogens with one attached hydrogen (secondary N) is 3. The molecule has 0 aromatic rings. The number of carbonyl (C=O) groups is 5. The van der Waals surface area contributed by atoms with Gasteiger partial charge < -0.3 is 20.7 Å². The van der Waals surface area contributed by atoms with Gasteiger partial charge in [-0.1, -0.05) is 39.8 Å². The van der Waals surface area contributed by atoms with Gasteiger partial charge in [0.2, 0.25) is 17.7 Å². The van der Waals surface area contributed by atoms with Crippen molar-refractivity contribution in [1.82, 2.24) is 16.0 Å². The number of rotatable bonds is 8. The number of hydrogen-bond acceptors (Lipinski definition) is 8.